The first-order valence-electron chi connectivity index (χ1n) is 8.60. The molecule has 3 aromatic rings. The molecule has 0 aliphatic rings. The van der Waals surface area contributed by atoms with Crippen molar-refractivity contribution in [3.8, 4) is 11.5 Å². The average molecular weight is 411 g/mol. The zero-order valence-corrected chi connectivity index (χ0v) is 16.2. The van der Waals surface area contributed by atoms with Crippen LogP contribution >= 0.6 is 11.6 Å². The highest BCUT2D eigenvalue weighted by Crippen LogP contribution is 2.21. The van der Waals surface area contributed by atoms with Gasteiger partial charge in [-0.3, -0.25) is 4.79 Å². The van der Waals surface area contributed by atoms with E-state index in [4.69, 9.17) is 21.1 Å². The van der Waals surface area contributed by atoms with E-state index in [2.05, 4.69) is 0 Å². The van der Waals surface area contributed by atoms with Crippen molar-refractivity contribution in [1.29, 1.82) is 0 Å². The lowest BCUT2D eigenvalue weighted by molar-refractivity contribution is 0.0734. The Bertz CT molecular complexity index is 1050. The Kier molecular flexibility index (Phi) is 6.42. The molecule has 0 heterocycles. The van der Waals surface area contributed by atoms with Crippen LogP contribution in [-0.2, 0) is 0 Å². The molecule has 0 aliphatic heterocycles. The number of ketones is 1. The molecule has 0 saturated carbocycles. The van der Waals surface area contributed by atoms with Crippen LogP contribution in [0.25, 0.3) is 6.08 Å². The van der Waals surface area contributed by atoms with Crippen molar-refractivity contribution in [2.45, 2.75) is 0 Å². The van der Waals surface area contributed by atoms with Gasteiger partial charge in [-0.15, -0.1) is 0 Å². The third kappa shape index (κ3) is 5.09. The van der Waals surface area contributed by atoms with Gasteiger partial charge in [0.15, 0.2) is 5.78 Å². The Hall–Kier alpha value is -3.44. The molecule has 0 fully saturated rings. The van der Waals surface area contributed by atoms with Gasteiger partial charge in [-0.05, 0) is 66.7 Å². The summed E-state index contributed by atoms with van der Waals surface area (Å²) < 4.78 is 24.2. The molecule has 4 nitrogen and oxygen atoms in total. The normalized spacial score (nSPS) is 10.7. The lowest BCUT2D eigenvalue weighted by Crippen LogP contribution is -2.08. The molecule has 0 saturated heterocycles. The van der Waals surface area contributed by atoms with E-state index in [9.17, 15) is 14.0 Å². The fourth-order valence-electron chi connectivity index (χ4n) is 2.53. The summed E-state index contributed by atoms with van der Waals surface area (Å²) in [6.45, 7) is 0. The molecule has 3 aromatic carbocycles. The van der Waals surface area contributed by atoms with Crippen LogP contribution in [0.15, 0.2) is 72.8 Å². The number of allylic oxidation sites excluding steroid dienone is 1. The van der Waals surface area contributed by atoms with E-state index in [1.54, 1.807) is 30.3 Å². The van der Waals surface area contributed by atoms with E-state index in [1.165, 1.54) is 55.7 Å². The van der Waals surface area contributed by atoms with Crippen LogP contribution in [0.1, 0.15) is 26.3 Å². The van der Waals surface area contributed by atoms with Gasteiger partial charge in [0, 0.05) is 11.1 Å². The van der Waals surface area contributed by atoms with Crippen LogP contribution in [-0.4, -0.2) is 18.9 Å². The van der Waals surface area contributed by atoms with Crippen molar-refractivity contribution >= 4 is 29.4 Å². The van der Waals surface area contributed by atoms with Gasteiger partial charge in [0.25, 0.3) is 0 Å². The second kappa shape index (κ2) is 9.17. The second-order valence-corrected chi connectivity index (χ2v) is 6.39. The SMILES string of the molecule is COc1cccc(C(=O)Oc2ccc(C(=O)C=Cc3c(F)cccc3Cl)cc2)c1. The summed E-state index contributed by atoms with van der Waals surface area (Å²) >= 11 is 5.94. The molecule has 0 unspecified atom stereocenters. The quantitative estimate of drug-likeness (QED) is 0.229. The number of ether oxygens (including phenoxy) is 2. The molecule has 0 aromatic heterocycles. The molecule has 0 amide bonds. The highest BCUT2D eigenvalue weighted by molar-refractivity contribution is 6.32. The number of hydrogen-bond acceptors (Lipinski definition) is 4. The Morgan fingerprint density at radius 1 is 0.931 bits per heavy atom. The number of carbonyl (C=O) groups is 2. The third-order valence-corrected chi connectivity index (χ3v) is 4.39. The topological polar surface area (TPSA) is 52.6 Å². The maximum atomic E-state index is 13.8. The van der Waals surface area contributed by atoms with Gasteiger partial charge in [0.1, 0.15) is 17.3 Å². The minimum atomic E-state index is -0.544. The van der Waals surface area contributed by atoms with Gasteiger partial charge < -0.3 is 9.47 Å². The minimum Gasteiger partial charge on any atom is -0.497 e. The predicted molar refractivity (Wildman–Crippen MR) is 109 cm³/mol. The molecule has 0 N–H and O–H groups in total. The molecule has 146 valence electrons. The number of rotatable bonds is 6. The first-order chi connectivity index (χ1) is 14.0. The summed E-state index contributed by atoms with van der Waals surface area (Å²) in [5.41, 5.74) is 0.843. The molecule has 0 atom stereocenters. The smallest absolute Gasteiger partial charge is 0.343 e. The maximum Gasteiger partial charge on any atom is 0.343 e. The van der Waals surface area contributed by atoms with E-state index in [-0.39, 0.29) is 22.1 Å². The van der Waals surface area contributed by atoms with Crippen LogP contribution in [0.3, 0.4) is 0 Å². The molecular weight excluding hydrogens is 395 g/mol. The summed E-state index contributed by atoms with van der Waals surface area (Å²) in [6.07, 6.45) is 2.57. The van der Waals surface area contributed by atoms with Gasteiger partial charge in [-0.1, -0.05) is 23.7 Å². The van der Waals surface area contributed by atoms with Crippen molar-refractivity contribution in [3.05, 3.63) is 100 Å². The number of methoxy groups -OCH3 is 1. The molecule has 3 rings (SSSR count). The van der Waals surface area contributed by atoms with Gasteiger partial charge in [-0.2, -0.15) is 0 Å². The van der Waals surface area contributed by atoms with Gasteiger partial charge in [-0.25, -0.2) is 9.18 Å². The van der Waals surface area contributed by atoms with E-state index in [1.807, 2.05) is 0 Å². The molecule has 6 heteroatoms. The molecule has 0 radical (unpaired) electrons. The highest BCUT2D eigenvalue weighted by Gasteiger charge is 2.11. The Morgan fingerprint density at radius 3 is 2.34 bits per heavy atom. The molecule has 0 aliphatic carbocycles. The standard InChI is InChI=1S/C23H16ClFO4/c1-28-18-5-2-4-16(14-18)23(27)29-17-10-8-15(9-11-17)22(26)13-12-19-20(24)6-3-7-21(19)25/h2-14H,1H3. The first-order valence-corrected chi connectivity index (χ1v) is 8.98. The van der Waals surface area contributed by atoms with E-state index >= 15 is 0 Å². The summed E-state index contributed by atoms with van der Waals surface area (Å²) in [5, 5.41) is 0.217. The Morgan fingerprint density at radius 2 is 1.66 bits per heavy atom. The fourth-order valence-corrected chi connectivity index (χ4v) is 2.75. The summed E-state index contributed by atoms with van der Waals surface area (Å²) in [7, 11) is 1.51. The first kappa shape index (κ1) is 20.3. The predicted octanol–water partition coefficient (Wildman–Crippen LogP) is 5.60. The van der Waals surface area contributed by atoms with Crippen molar-refractivity contribution < 1.29 is 23.5 Å². The molecule has 29 heavy (non-hydrogen) atoms. The van der Waals surface area contributed by atoms with E-state index < -0.39 is 11.8 Å². The van der Waals surface area contributed by atoms with E-state index in [0.29, 0.717) is 16.9 Å². The van der Waals surface area contributed by atoms with Gasteiger partial charge in [0.05, 0.1) is 17.7 Å². The number of esters is 1. The monoisotopic (exact) mass is 410 g/mol. The average Bonchev–Trinajstić information content (AvgIpc) is 2.73. The summed E-state index contributed by atoms with van der Waals surface area (Å²) in [5.74, 6) is -0.564. The lowest BCUT2D eigenvalue weighted by atomic mass is 10.1. The molecule has 0 spiro atoms. The van der Waals surface area contributed by atoms with Crippen molar-refractivity contribution in [3.63, 3.8) is 0 Å². The lowest BCUT2D eigenvalue weighted by Gasteiger charge is -2.06. The summed E-state index contributed by atoms with van der Waals surface area (Å²) in [6, 6.07) is 16.9. The van der Waals surface area contributed by atoms with Crippen molar-refractivity contribution in [1.82, 2.24) is 0 Å². The van der Waals surface area contributed by atoms with Crippen molar-refractivity contribution in [2.24, 2.45) is 0 Å². The second-order valence-electron chi connectivity index (χ2n) is 5.98. The largest absolute Gasteiger partial charge is 0.497 e. The van der Waals surface area contributed by atoms with Crippen molar-refractivity contribution in [2.75, 3.05) is 7.11 Å². The maximum absolute atomic E-state index is 13.8. The number of hydrogen-bond donors (Lipinski definition) is 0. The third-order valence-electron chi connectivity index (χ3n) is 4.06. The minimum absolute atomic E-state index is 0.145. The molecule has 0 bridgehead atoms. The van der Waals surface area contributed by atoms with Crippen LogP contribution in [0, 0.1) is 5.82 Å². The van der Waals surface area contributed by atoms with Gasteiger partial charge in [0.2, 0.25) is 0 Å². The Balaban J connectivity index is 1.68. The zero-order valence-electron chi connectivity index (χ0n) is 15.4. The number of halogens is 2. The fraction of sp³-hybridized carbons (Fsp3) is 0.0435. The highest BCUT2D eigenvalue weighted by atomic mass is 35.5. The van der Waals surface area contributed by atoms with Crippen LogP contribution in [0.2, 0.25) is 5.02 Å². The molecular formula is C23H16ClFO4. The van der Waals surface area contributed by atoms with Crippen LogP contribution in [0.5, 0.6) is 11.5 Å². The summed E-state index contributed by atoms with van der Waals surface area (Å²) in [4.78, 5) is 24.5. The number of benzene rings is 3. The Labute approximate surface area is 172 Å². The van der Waals surface area contributed by atoms with E-state index in [0.717, 1.165) is 0 Å². The number of carbonyl (C=O) groups excluding carboxylic acids is 2. The van der Waals surface area contributed by atoms with Crippen LogP contribution < -0.4 is 9.47 Å². The van der Waals surface area contributed by atoms with Gasteiger partial charge >= 0.3 is 5.97 Å². The zero-order chi connectivity index (χ0) is 20.8. The van der Waals surface area contributed by atoms with Crippen LogP contribution in [0.4, 0.5) is 4.39 Å².